The predicted molar refractivity (Wildman–Crippen MR) is 402 cm³/mol. The molecule has 0 aliphatic carbocycles. The molecule has 8 heterocycles. The zero-order valence-corrected chi connectivity index (χ0v) is 61.9. The van der Waals surface area contributed by atoms with Crippen molar-refractivity contribution in [3.05, 3.63) is 164 Å². The molecule has 7 amide bonds. The lowest BCUT2D eigenvalue weighted by molar-refractivity contribution is -0.133. The van der Waals surface area contributed by atoms with Gasteiger partial charge in [-0.25, -0.2) is 13.6 Å². The first-order chi connectivity index (χ1) is 49.6. The summed E-state index contributed by atoms with van der Waals surface area (Å²) in [6.07, 6.45) is 5.84. The number of rotatable bonds is 25. The van der Waals surface area contributed by atoms with E-state index in [4.69, 9.17) is 15.6 Å². The summed E-state index contributed by atoms with van der Waals surface area (Å²) in [5.41, 5.74) is 12.2. The van der Waals surface area contributed by atoms with Crippen LogP contribution in [0.2, 0.25) is 0 Å². The van der Waals surface area contributed by atoms with Gasteiger partial charge in [-0.2, -0.15) is 22.7 Å². The van der Waals surface area contributed by atoms with E-state index in [1.807, 2.05) is 129 Å². The predicted octanol–water partition coefficient (Wildman–Crippen LogP) is 11.4. The number of para-hydroxylation sites is 4. The molecule has 4 aliphatic heterocycles. The Kier molecular flexibility index (Phi) is 24.9. The number of anilines is 4. The van der Waals surface area contributed by atoms with Gasteiger partial charge in [0.1, 0.15) is 24.5 Å². The lowest BCUT2D eigenvalue weighted by Gasteiger charge is -2.37. The minimum atomic E-state index is -1.47. The second-order valence-electron chi connectivity index (χ2n) is 29.0. The van der Waals surface area contributed by atoms with Gasteiger partial charge in [0.05, 0.1) is 66.6 Å². The van der Waals surface area contributed by atoms with E-state index in [1.54, 1.807) is 83.2 Å². The van der Waals surface area contributed by atoms with Crippen molar-refractivity contribution in [1.29, 1.82) is 0 Å². The number of aliphatic hydroxyl groups is 1. The first-order valence-corrected chi connectivity index (χ1v) is 37.3. The molecule has 4 aromatic carbocycles. The van der Waals surface area contributed by atoms with Crippen molar-refractivity contribution in [2.75, 3.05) is 52.6 Å². The SMILES string of the molecule is CC(C)(C)OC(=O)NC(C)(C)C(=O)N[C@H](Cc1cn(CCF)c2ccccc12)C(=O)CC1Cc2cccc(N3CCCC3=O)c2N(Cc2ccsc2)C1=O.CC(C)(N)C(=O)N[C@H](Cc1cn(CCF)c2ccccc12)C(=O)CC1Cc2cccc(N3CCCC3=O)c2N(Cc2ccsc2)C1=O.CCO. The van der Waals surface area contributed by atoms with E-state index in [1.165, 1.54) is 25.2 Å². The van der Waals surface area contributed by atoms with E-state index in [9.17, 15) is 51.9 Å². The van der Waals surface area contributed by atoms with Crippen LogP contribution >= 0.6 is 22.7 Å². The number of hydrogen-bond acceptors (Lipinski definition) is 14. The number of aliphatic hydroxyl groups excluding tert-OH is 1. The highest BCUT2D eigenvalue weighted by molar-refractivity contribution is 7.08. The average molecular weight is 1460 g/mol. The number of carbonyl (C=O) groups is 9. The minimum Gasteiger partial charge on any atom is -0.444 e. The Bertz CT molecular complexity index is 4440. The Morgan fingerprint density at radius 1 is 0.606 bits per heavy atom. The molecular formula is C79H94F2N10O11S2. The topological polar surface area (TPSA) is 268 Å². The lowest BCUT2D eigenvalue weighted by Crippen LogP contribution is -2.59. The Balaban J connectivity index is 0.000000217. The van der Waals surface area contributed by atoms with Crippen molar-refractivity contribution < 1.29 is 61.8 Å². The molecule has 0 saturated carbocycles. The maximum Gasteiger partial charge on any atom is 0.408 e. The summed E-state index contributed by atoms with van der Waals surface area (Å²) in [6, 6.07) is 28.4. The number of benzene rings is 4. The number of hydrogen-bond donors (Lipinski definition) is 5. The van der Waals surface area contributed by atoms with Crippen LogP contribution in [0, 0.1) is 11.8 Å². The number of fused-ring (bicyclic) bond motifs is 4. The van der Waals surface area contributed by atoms with Gasteiger partial charge in [-0.1, -0.05) is 60.7 Å². The van der Waals surface area contributed by atoms with Gasteiger partial charge in [0, 0.05) is 104 Å². The summed E-state index contributed by atoms with van der Waals surface area (Å²) in [4.78, 5) is 130. The van der Waals surface area contributed by atoms with Crippen molar-refractivity contribution in [3.8, 4) is 0 Å². The van der Waals surface area contributed by atoms with Crippen molar-refractivity contribution in [2.45, 2.75) is 175 Å². The highest BCUT2D eigenvalue weighted by atomic mass is 32.1. The molecule has 8 aromatic rings. The van der Waals surface area contributed by atoms with Crippen molar-refractivity contribution in [3.63, 3.8) is 0 Å². The molecule has 6 N–H and O–H groups in total. The largest absolute Gasteiger partial charge is 0.444 e. The summed E-state index contributed by atoms with van der Waals surface area (Å²) >= 11 is 3.06. The van der Waals surface area contributed by atoms with Gasteiger partial charge in [0.25, 0.3) is 0 Å². The minimum absolute atomic E-state index is 0.0131. The van der Waals surface area contributed by atoms with Crippen LogP contribution in [-0.2, 0) is 95.0 Å². The van der Waals surface area contributed by atoms with Gasteiger partial charge in [-0.15, -0.1) is 0 Å². The van der Waals surface area contributed by atoms with Crippen LogP contribution in [0.3, 0.4) is 0 Å². The molecule has 552 valence electrons. The zero-order valence-electron chi connectivity index (χ0n) is 60.3. The first-order valence-electron chi connectivity index (χ1n) is 35.4. The van der Waals surface area contributed by atoms with Crippen LogP contribution in [0.15, 0.2) is 131 Å². The Morgan fingerprint density at radius 2 is 1.03 bits per heavy atom. The fourth-order valence-corrected chi connectivity index (χ4v) is 15.3. The number of amides is 7. The highest BCUT2D eigenvalue weighted by Crippen LogP contribution is 2.44. The number of ketones is 2. The van der Waals surface area contributed by atoms with Crippen LogP contribution in [0.5, 0.6) is 0 Å². The molecule has 4 aliphatic rings. The average Bonchev–Trinajstić information content (AvgIpc) is 0.936. The van der Waals surface area contributed by atoms with E-state index in [2.05, 4.69) is 16.0 Å². The smallest absolute Gasteiger partial charge is 0.408 e. The first kappa shape index (κ1) is 77.2. The Hall–Kier alpha value is -9.43. The van der Waals surface area contributed by atoms with E-state index < -0.39 is 71.9 Å². The van der Waals surface area contributed by atoms with Gasteiger partial charge in [-0.05, 0) is 172 Å². The normalized spacial score (nSPS) is 16.7. The third-order valence-electron chi connectivity index (χ3n) is 19.0. The molecular weight excluding hydrogens is 1370 g/mol. The molecule has 0 radical (unpaired) electrons. The van der Waals surface area contributed by atoms with E-state index >= 15 is 0 Å². The number of alkyl halides is 2. The van der Waals surface area contributed by atoms with Crippen LogP contribution in [0.25, 0.3) is 21.8 Å². The van der Waals surface area contributed by atoms with Gasteiger partial charge in [-0.3, -0.25) is 38.4 Å². The van der Waals surface area contributed by atoms with Gasteiger partial charge in [0.2, 0.25) is 35.4 Å². The second-order valence-corrected chi connectivity index (χ2v) is 30.5. The fraction of sp³-hybridized carbons (Fsp3) is 0.430. The van der Waals surface area contributed by atoms with Crippen molar-refractivity contribution in [2.24, 2.45) is 17.6 Å². The van der Waals surface area contributed by atoms with E-state index in [0.717, 1.165) is 79.4 Å². The Morgan fingerprint density at radius 3 is 1.40 bits per heavy atom. The maximum absolute atomic E-state index is 14.5. The van der Waals surface area contributed by atoms with Crippen LogP contribution in [0.1, 0.15) is 127 Å². The number of nitrogens with zero attached hydrogens (tertiary/aromatic N) is 6. The molecule has 12 rings (SSSR count). The molecule has 21 nitrogen and oxygen atoms in total. The third kappa shape index (κ3) is 18.2. The zero-order chi connectivity index (χ0) is 74.8. The molecule has 2 fully saturated rings. The standard InChI is InChI=1S/C41H48FN5O6S.C36H40FN5O4S.C2H6O/c1-40(2,3)53-39(52)44-41(4,5)38(51)43-31(21-29-24-45(18-16-42)32-12-7-6-11-30(29)32)34(48)22-28-20-27-10-8-13-33(46-17-9-14-35(46)49)36(27)47(37(28)50)23-26-15-19-54-25-26;1-36(2,38)35(46)39-28(18-26-21-40(15-13-37)29-9-4-3-8-27(26)29)31(43)19-25-17-24-7-5-10-30(41-14-6-11-32(41)44)33(24)42(34(25)45)20-23-12-16-47-22-23;1-2-3/h6-8,10-13,15,19,24-25,28,31H,9,14,16-18,20-23H2,1-5H3,(H,43,51)(H,44,52);3-5,7-10,12,16,21-22,25,28H,6,11,13-15,17-20,38H2,1-2H3,(H,39,46);3H,2H2,1H3/t28?,31-;25?,28-;/m11./s1. The third-order valence-corrected chi connectivity index (χ3v) is 20.4. The molecule has 0 spiro atoms. The molecule has 2 unspecified atom stereocenters. The van der Waals surface area contributed by atoms with Crippen molar-refractivity contribution >= 4 is 120 Å². The molecule has 104 heavy (non-hydrogen) atoms. The quantitative estimate of drug-likeness (QED) is 0.0358. The maximum atomic E-state index is 14.5. The summed E-state index contributed by atoms with van der Waals surface area (Å²) in [5.74, 6) is -3.54. The fourth-order valence-electron chi connectivity index (χ4n) is 14.0. The molecule has 2 saturated heterocycles. The lowest BCUT2D eigenvalue weighted by atomic mass is 9.85. The number of halogens is 2. The monoisotopic (exact) mass is 1460 g/mol. The van der Waals surface area contributed by atoms with Gasteiger partial charge < -0.3 is 60.3 Å². The summed E-state index contributed by atoms with van der Waals surface area (Å²) in [5, 5.41) is 25.5. The number of thiophene rings is 2. The molecule has 4 aromatic heterocycles. The van der Waals surface area contributed by atoms with Crippen LogP contribution in [-0.4, -0.2) is 129 Å². The van der Waals surface area contributed by atoms with Gasteiger partial charge in [0.15, 0.2) is 11.6 Å². The second kappa shape index (κ2) is 33.6. The number of ether oxygens (including phenoxy) is 1. The van der Waals surface area contributed by atoms with Gasteiger partial charge >= 0.3 is 6.09 Å². The number of nitrogens with one attached hydrogen (secondary N) is 3. The van der Waals surface area contributed by atoms with Crippen molar-refractivity contribution in [1.82, 2.24) is 25.1 Å². The number of alkyl carbamates (subject to hydrolysis) is 1. The van der Waals surface area contributed by atoms with E-state index in [0.29, 0.717) is 50.3 Å². The number of nitrogens with two attached hydrogens (primary N) is 1. The highest BCUT2D eigenvalue weighted by Gasteiger charge is 2.43. The molecule has 0 bridgehead atoms. The molecule has 4 atom stereocenters. The number of carbonyl (C=O) groups excluding carboxylic acids is 9. The molecule has 25 heteroatoms. The Labute approximate surface area is 613 Å². The summed E-state index contributed by atoms with van der Waals surface area (Å²) < 4.78 is 36.0. The summed E-state index contributed by atoms with van der Waals surface area (Å²) in [7, 11) is 0. The number of aromatic nitrogens is 2. The van der Waals surface area contributed by atoms with Crippen LogP contribution in [0.4, 0.5) is 36.3 Å². The van der Waals surface area contributed by atoms with E-state index in [-0.39, 0.29) is 93.5 Å². The van der Waals surface area contributed by atoms with Crippen LogP contribution < -0.4 is 41.3 Å². The number of aryl methyl sites for hydroxylation is 2. The summed E-state index contributed by atoms with van der Waals surface area (Å²) in [6.45, 7) is 14.2. The number of Topliss-reactive ketones (excluding diaryl/α,β-unsaturated/α-hetero) is 2.